The van der Waals surface area contributed by atoms with Crippen LogP contribution in [0.5, 0.6) is 11.5 Å². The van der Waals surface area contributed by atoms with Gasteiger partial charge in [-0.3, -0.25) is 0 Å². The fourth-order valence-corrected chi connectivity index (χ4v) is 2.63. The molecule has 2 N–H and O–H groups in total. The van der Waals surface area contributed by atoms with Gasteiger partial charge in [-0.2, -0.15) is 0 Å². The zero-order valence-electron chi connectivity index (χ0n) is 12.2. The maximum Gasteiger partial charge on any atom is 0.160 e. The monoisotopic (exact) mass is 292 g/mol. The number of phenolic OH excluding ortho intramolecular Hbond substituents is 1. The third kappa shape index (κ3) is 3.42. The Morgan fingerprint density at radius 2 is 2.10 bits per heavy atom. The van der Waals surface area contributed by atoms with Crippen LogP contribution in [0.4, 0.5) is 5.69 Å². The van der Waals surface area contributed by atoms with Crippen LogP contribution in [0, 0.1) is 0 Å². The average molecular weight is 292 g/mol. The number of rotatable bonds is 4. The molecule has 0 fully saturated rings. The maximum atomic E-state index is 9.72. The number of phenols is 1. The predicted octanol–water partition coefficient (Wildman–Crippen LogP) is 3.77. The molecule has 0 saturated heterocycles. The molecule has 0 unspecified atom stereocenters. The van der Waals surface area contributed by atoms with E-state index in [0.717, 1.165) is 16.4 Å². The molecule has 2 rings (SSSR count). The molecule has 0 saturated carbocycles. The van der Waals surface area contributed by atoms with Crippen molar-refractivity contribution in [3.05, 3.63) is 34.3 Å². The lowest BCUT2D eigenvalue weighted by molar-refractivity contribution is 0.373. The molecule has 20 heavy (non-hydrogen) atoms. The quantitative estimate of drug-likeness (QED) is 0.900. The van der Waals surface area contributed by atoms with Crippen LogP contribution >= 0.6 is 11.3 Å². The van der Waals surface area contributed by atoms with Gasteiger partial charge in [0.25, 0.3) is 0 Å². The highest BCUT2D eigenvalue weighted by atomic mass is 32.1. The highest BCUT2D eigenvalue weighted by Gasteiger charge is 2.17. The van der Waals surface area contributed by atoms with Gasteiger partial charge in [0.15, 0.2) is 11.5 Å². The molecule has 0 radical (unpaired) electrons. The standard InChI is InChI=1S/C15H20N2O2S/c1-15(2,3)14-17-11(9-20-14)8-16-10-5-6-13(19-4)12(18)7-10/h5-7,9,16,18H,8H2,1-4H3. The number of ether oxygens (including phenoxy) is 1. The van der Waals surface area contributed by atoms with E-state index in [-0.39, 0.29) is 11.2 Å². The first-order valence-corrected chi connectivity index (χ1v) is 7.34. The minimum Gasteiger partial charge on any atom is -0.504 e. The summed E-state index contributed by atoms with van der Waals surface area (Å²) in [6.07, 6.45) is 0. The molecule has 0 aliphatic heterocycles. The van der Waals surface area contributed by atoms with E-state index in [4.69, 9.17) is 4.74 Å². The molecule has 5 heteroatoms. The van der Waals surface area contributed by atoms with E-state index in [1.807, 2.05) is 6.07 Å². The van der Waals surface area contributed by atoms with Crippen molar-refractivity contribution in [1.29, 1.82) is 0 Å². The lowest BCUT2D eigenvalue weighted by Crippen LogP contribution is -2.11. The van der Waals surface area contributed by atoms with Crippen molar-refractivity contribution in [2.75, 3.05) is 12.4 Å². The highest BCUT2D eigenvalue weighted by Crippen LogP contribution is 2.29. The molecular weight excluding hydrogens is 272 g/mol. The van der Waals surface area contributed by atoms with Crippen molar-refractivity contribution in [2.45, 2.75) is 32.7 Å². The van der Waals surface area contributed by atoms with Gasteiger partial charge in [0.2, 0.25) is 0 Å². The number of nitrogens with one attached hydrogen (secondary N) is 1. The van der Waals surface area contributed by atoms with E-state index in [0.29, 0.717) is 12.3 Å². The van der Waals surface area contributed by atoms with Gasteiger partial charge in [-0.1, -0.05) is 20.8 Å². The van der Waals surface area contributed by atoms with E-state index in [1.165, 1.54) is 7.11 Å². The minimum absolute atomic E-state index is 0.0846. The van der Waals surface area contributed by atoms with Crippen LogP contribution in [0.2, 0.25) is 0 Å². The number of benzene rings is 1. The van der Waals surface area contributed by atoms with Gasteiger partial charge in [0, 0.05) is 22.5 Å². The van der Waals surface area contributed by atoms with Crippen molar-refractivity contribution >= 4 is 17.0 Å². The Labute approximate surface area is 123 Å². The third-order valence-electron chi connectivity index (χ3n) is 2.85. The van der Waals surface area contributed by atoms with Crippen LogP contribution in [-0.2, 0) is 12.0 Å². The summed E-state index contributed by atoms with van der Waals surface area (Å²) in [4.78, 5) is 4.62. The zero-order chi connectivity index (χ0) is 14.8. The fraction of sp³-hybridized carbons (Fsp3) is 0.400. The average Bonchev–Trinajstić information content (AvgIpc) is 2.85. The number of nitrogens with zero attached hydrogens (tertiary/aromatic N) is 1. The van der Waals surface area contributed by atoms with Gasteiger partial charge in [-0.15, -0.1) is 11.3 Å². The Morgan fingerprint density at radius 3 is 2.65 bits per heavy atom. The number of hydrogen-bond acceptors (Lipinski definition) is 5. The second kappa shape index (κ2) is 5.71. The Balaban J connectivity index is 2.02. The van der Waals surface area contributed by atoms with Gasteiger partial charge in [-0.05, 0) is 12.1 Å². The molecule has 1 heterocycles. The highest BCUT2D eigenvalue weighted by molar-refractivity contribution is 7.09. The minimum atomic E-state index is 0.0846. The summed E-state index contributed by atoms with van der Waals surface area (Å²) in [6, 6.07) is 5.25. The first-order valence-electron chi connectivity index (χ1n) is 6.46. The van der Waals surface area contributed by atoms with E-state index < -0.39 is 0 Å². The summed E-state index contributed by atoms with van der Waals surface area (Å²) in [5.74, 6) is 0.602. The Hall–Kier alpha value is -1.75. The molecule has 0 bridgehead atoms. The maximum absolute atomic E-state index is 9.72. The number of methoxy groups -OCH3 is 1. The largest absolute Gasteiger partial charge is 0.504 e. The van der Waals surface area contributed by atoms with Crippen molar-refractivity contribution in [3.63, 3.8) is 0 Å². The van der Waals surface area contributed by atoms with Crippen LogP contribution < -0.4 is 10.1 Å². The summed E-state index contributed by atoms with van der Waals surface area (Å²) in [6.45, 7) is 7.11. The molecule has 1 aromatic heterocycles. The molecule has 0 aliphatic carbocycles. The van der Waals surface area contributed by atoms with Gasteiger partial charge >= 0.3 is 0 Å². The molecule has 0 amide bonds. The predicted molar refractivity (Wildman–Crippen MR) is 82.8 cm³/mol. The molecule has 0 atom stereocenters. The zero-order valence-corrected chi connectivity index (χ0v) is 13.0. The van der Waals surface area contributed by atoms with Gasteiger partial charge in [0.05, 0.1) is 24.4 Å². The van der Waals surface area contributed by atoms with Crippen molar-refractivity contribution < 1.29 is 9.84 Å². The second-order valence-electron chi connectivity index (χ2n) is 5.63. The van der Waals surface area contributed by atoms with Crippen LogP contribution in [0.15, 0.2) is 23.6 Å². The van der Waals surface area contributed by atoms with Crippen molar-refractivity contribution in [3.8, 4) is 11.5 Å². The summed E-state index contributed by atoms with van der Waals surface area (Å²) in [5.41, 5.74) is 1.94. The van der Waals surface area contributed by atoms with Gasteiger partial charge in [-0.25, -0.2) is 4.98 Å². The van der Waals surface area contributed by atoms with Crippen LogP contribution in [0.25, 0.3) is 0 Å². The Bertz CT molecular complexity index is 588. The summed E-state index contributed by atoms with van der Waals surface area (Å²) >= 11 is 1.68. The topological polar surface area (TPSA) is 54.4 Å². The summed E-state index contributed by atoms with van der Waals surface area (Å²) in [5, 5.41) is 16.2. The van der Waals surface area contributed by atoms with Crippen LogP contribution in [-0.4, -0.2) is 17.2 Å². The van der Waals surface area contributed by atoms with Crippen LogP contribution in [0.3, 0.4) is 0 Å². The third-order valence-corrected chi connectivity index (χ3v) is 4.16. The summed E-state index contributed by atoms with van der Waals surface area (Å²) in [7, 11) is 1.53. The fourth-order valence-electron chi connectivity index (χ4n) is 1.73. The molecule has 0 aliphatic rings. The van der Waals surface area contributed by atoms with Crippen molar-refractivity contribution in [1.82, 2.24) is 4.98 Å². The summed E-state index contributed by atoms with van der Waals surface area (Å²) < 4.78 is 5.02. The smallest absolute Gasteiger partial charge is 0.160 e. The van der Waals surface area contributed by atoms with Gasteiger partial charge < -0.3 is 15.2 Å². The number of aromatic nitrogens is 1. The number of anilines is 1. The van der Waals surface area contributed by atoms with Crippen LogP contribution in [0.1, 0.15) is 31.5 Å². The van der Waals surface area contributed by atoms with E-state index >= 15 is 0 Å². The normalized spacial score (nSPS) is 11.4. The first-order chi connectivity index (χ1) is 9.40. The molecule has 2 aromatic rings. The molecule has 0 spiro atoms. The van der Waals surface area contributed by atoms with Crippen molar-refractivity contribution in [2.24, 2.45) is 0 Å². The Kier molecular flexibility index (Phi) is 4.18. The first kappa shape index (κ1) is 14.7. The lowest BCUT2D eigenvalue weighted by Gasteiger charge is -2.13. The molecular formula is C15H20N2O2S. The second-order valence-corrected chi connectivity index (χ2v) is 6.49. The molecule has 1 aromatic carbocycles. The van der Waals surface area contributed by atoms with E-state index in [2.05, 4.69) is 36.5 Å². The lowest BCUT2D eigenvalue weighted by atomic mass is 9.98. The molecule has 108 valence electrons. The molecule has 4 nitrogen and oxygen atoms in total. The Morgan fingerprint density at radius 1 is 1.35 bits per heavy atom. The van der Waals surface area contributed by atoms with Gasteiger partial charge in [0.1, 0.15) is 0 Å². The number of aromatic hydroxyl groups is 1. The SMILES string of the molecule is COc1ccc(NCc2csc(C(C)(C)C)n2)cc1O. The number of thiazole rings is 1. The van der Waals surface area contributed by atoms with E-state index in [9.17, 15) is 5.11 Å². The number of hydrogen-bond donors (Lipinski definition) is 2. The van der Waals surface area contributed by atoms with E-state index in [1.54, 1.807) is 23.5 Å².